The standard InChI is InChI=1S/C51H72FN15O10/c1-9-38-47(69)64(6)39-27-54-48(60-43(39)67(38)33-12-10-11-13-33)57-35-15-14-32(26-40(35)71-7)45(68)53-16-18-73-20-22-75-24-25-76-23-21-74-19-17-66-30-37(46(62-66)72-8)56-42-41-44(63(5)31-55-41)61-49(59-42)65-28-34(52)36(29-65)58-50(70)77-51(2,3)4/h14-15,26-27,30-31,33-34,36,38H,9-13,16-25,28-29H2,1-8H3,(H,53,68)(H,58,70)(H,54,57,60)(H,56,59,61)/t34-,36-,38-/m1/s1. The molecular formula is C51H72FN15O10. The lowest BCUT2D eigenvalue weighted by molar-refractivity contribution is -0.120. The van der Waals surface area contributed by atoms with Gasteiger partial charge in [-0.1, -0.05) is 19.8 Å². The van der Waals surface area contributed by atoms with Crippen molar-refractivity contribution in [2.45, 2.75) is 96.2 Å². The van der Waals surface area contributed by atoms with E-state index in [0.29, 0.717) is 130 Å². The van der Waals surface area contributed by atoms with Gasteiger partial charge >= 0.3 is 6.09 Å². The molecule has 77 heavy (non-hydrogen) atoms. The normalized spacial score (nSPS) is 17.8. The van der Waals surface area contributed by atoms with Crippen molar-refractivity contribution in [3.8, 4) is 11.6 Å². The van der Waals surface area contributed by atoms with E-state index in [0.717, 1.165) is 31.5 Å². The van der Waals surface area contributed by atoms with Crippen molar-refractivity contribution in [1.29, 1.82) is 0 Å². The van der Waals surface area contributed by atoms with Gasteiger partial charge < -0.3 is 73.7 Å². The number of carbonyl (C=O) groups is 3. The Kier molecular flexibility index (Phi) is 18.8. The predicted octanol–water partition coefficient (Wildman–Crippen LogP) is 4.91. The fourth-order valence-corrected chi connectivity index (χ4v) is 9.39. The van der Waals surface area contributed by atoms with Gasteiger partial charge in [0.15, 0.2) is 22.8 Å². The molecule has 1 saturated heterocycles. The summed E-state index contributed by atoms with van der Waals surface area (Å²) < 4.78 is 57.8. The molecule has 0 radical (unpaired) electrons. The molecule has 25 nitrogen and oxygen atoms in total. The summed E-state index contributed by atoms with van der Waals surface area (Å²) in [6.07, 6.45) is 7.99. The maximum absolute atomic E-state index is 15.2. The van der Waals surface area contributed by atoms with Crippen molar-refractivity contribution in [1.82, 2.24) is 49.9 Å². The molecule has 0 unspecified atom stereocenters. The molecule has 2 fully saturated rings. The van der Waals surface area contributed by atoms with Crippen LogP contribution in [0.1, 0.15) is 70.2 Å². The van der Waals surface area contributed by atoms with E-state index in [1.165, 1.54) is 14.2 Å². The van der Waals surface area contributed by atoms with E-state index in [1.54, 1.807) is 90.8 Å². The molecule has 1 saturated carbocycles. The maximum Gasteiger partial charge on any atom is 0.408 e. The fraction of sp³-hybridized carbons (Fsp3) is 0.588. The Hall–Kier alpha value is -7.16. The zero-order valence-corrected chi connectivity index (χ0v) is 45.2. The van der Waals surface area contributed by atoms with E-state index in [-0.39, 0.29) is 42.9 Å². The molecule has 3 atom stereocenters. The van der Waals surface area contributed by atoms with E-state index >= 15 is 4.39 Å². The third-order valence-electron chi connectivity index (χ3n) is 13.2. The summed E-state index contributed by atoms with van der Waals surface area (Å²) in [4.78, 5) is 67.5. The third kappa shape index (κ3) is 14.1. The highest BCUT2D eigenvalue weighted by Crippen LogP contribution is 2.41. The van der Waals surface area contributed by atoms with Gasteiger partial charge in [-0.3, -0.25) is 14.3 Å². The molecule has 5 aromatic rings. The van der Waals surface area contributed by atoms with Gasteiger partial charge in [-0.2, -0.15) is 15.0 Å². The van der Waals surface area contributed by atoms with Crippen molar-refractivity contribution in [3.05, 3.63) is 42.5 Å². The number of anilines is 7. The molecule has 0 spiro atoms. The Bertz CT molecular complexity index is 2800. The second-order valence-corrected chi connectivity index (χ2v) is 19.8. The Labute approximate surface area is 446 Å². The molecule has 6 heterocycles. The van der Waals surface area contributed by atoms with E-state index in [1.807, 2.05) is 6.92 Å². The SMILES string of the molecule is CC[C@@H]1C(=O)N(C)c2cnc(Nc3ccc(C(=O)NCCOCCOCCOCCOCCn4cc(Nc5nc(N6C[C@@H](F)[C@H](NC(=O)OC(C)(C)C)C6)nc6c5ncn6C)c(OC)n4)cc3OC)nc2N1C1CCCC1. The Morgan fingerprint density at radius 3 is 2.26 bits per heavy atom. The number of nitrogens with one attached hydrogen (secondary N) is 4. The number of aryl methyl sites for hydroxylation is 1. The number of ether oxygens (including phenoxy) is 7. The molecule has 3 aliphatic rings. The van der Waals surface area contributed by atoms with Gasteiger partial charge in [-0.15, -0.1) is 5.10 Å². The van der Waals surface area contributed by atoms with E-state index in [2.05, 4.69) is 46.2 Å². The number of methoxy groups -OCH3 is 2. The highest BCUT2D eigenvalue weighted by Gasteiger charge is 2.42. The summed E-state index contributed by atoms with van der Waals surface area (Å²) in [5, 5.41) is 16.6. The van der Waals surface area contributed by atoms with Gasteiger partial charge in [0.25, 0.3) is 11.8 Å². The van der Waals surface area contributed by atoms with Gasteiger partial charge in [0.2, 0.25) is 17.8 Å². The third-order valence-corrected chi connectivity index (χ3v) is 13.2. The maximum atomic E-state index is 15.2. The second-order valence-electron chi connectivity index (χ2n) is 19.8. The molecule has 4 N–H and O–H groups in total. The van der Waals surface area contributed by atoms with Crippen LogP contribution in [0.25, 0.3) is 11.2 Å². The van der Waals surface area contributed by atoms with Crippen LogP contribution < -0.4 is 45.4 Å². The van der Waals surface area contributed by atoms with E-state index < -0.39 is 23.9 Å². The number of imidazole rings is 1. The van der Waals surface area contributed by atoms with Gasteiger partial charge in [0, 0.05) is 38.8 Å². The quantitative estimate of drug-likeness (QED) is 0.0537. The molecule has 2 aliphatic heterocycles. The number of amides is 3. The number of alkyl carbamates (subject to hydrolysis) is 1. The van der Waals surface area contributed by atoms with E-state index in [4.69, 9.17) is 43.1 Å². The van der Waals surface area contributed by atoms with E-state index in [9.17, 15) is 14.4 Å². The Morgan fingerprint density at radius 1 is 0.857 bits per heavy atom. The zero-order valence-electron chi connectivity index (χ0n) is 45.2. The van der Waals surface area contributed by atoms with Gasteiger partial charge in [-0.05, 0) is 58.2 Å². The molecule has 3 amide bonds. The molecule has 1 aromatic carbocycles. The number of likely N-dealkylation sites (N-methyl/N-ethyl adjacent to an activating group) is 1. The predicted molar refractivity (Wildman–Crippen MR) is 285 cm³/mol. The smallest absolute Gasteiger partial charge is 0.408 e. The van der Waals surface area contributed by atoms with Crippen LogP contribution in [-0.4, -0.2) is 181 Å². The topological polar surface area (TPSA) is 261 Å². The summed E-state index contributed by atoms with van der Waals surface area (Å²) >= 11 is 0. The Balaban J connectivity index is 0.691. The van der Waals surface area contributed by atoms with Crippen LogP contribution in [0.15, 0.2) is 36.9 Å². The first-order valence-corrected chi connectivity index (χ1v) is 26.1. The second kappa shape index (κ2) is 25.8. The number of nitrogens with zero attached hydrogens (tertiary/aromatic N) is 11. The van der Waals surface area contributed by atoms with Crippen LogP contribution in [0.5, 0.6) is 11.6 Å². The van der Waals surface area contributed by atoms with Crippen LogP contribution in [0.3, 0.4) is 0 Å². The summed E-state index contributed by atoms with van der Waals surface area (Å²) in [6, 6.07) is 4.27. The number of benzene rings is 1. The number of hydrogen-bond acceptors (Lipinski definition) is 20. The fourth-order valence-electron chi connectivity index (χ4n) is 9.39. The van der Waals surface area contributed by atoms with Gasteiger partial charge in [0.05, 0.1) is 111 Å². The molecule has 4 aromatic heterocycles. The average Bonchev–Trinajstić information content (AvgIpc) is 4.29. The molecule has 1 aliphatic carbocycles. The van der Waals surface area contributed by atoms with Crippen molar-refractivity contribution in [2.24, 2.45) is 7.05 Å². The largest absolute Gasteiger partial charge is 0.495 e. The minimum absolute atomic E-state index is 0.0274. The number of rotatable bonds is 26. The minimum atomic E-state index is -1.37. The number of carbonyl (C=O) groups excluding carboxylic acids is 3. The van der Waals surface area contributed by atoms with Crippen LogP contribution in [0.4, 0.5) is 49.8 Å². The summed E-state index contributed by atoms with van der Waals surface area (Å²) in [5.74, 6) is 2.28. The van der Waals surface area contributed by atoms with Crippen LogP contribution in [-0.2, 0) is 42.1 Å². The van der Waals surface area contributed by atoms with Crippen LogP contribution >= 0.6 is 0 Å². The van der Waals surface area contributed by atoms with Crippen LogP contribution in [0, 0.1) is 0 Å². The minimum Gasteiger partial charge on any atom is -0.495 e. The number of halogens is 1. The highest BCUT2D eigenvalue weighted by molar-refractivity contribution is 6.04. The first kappa shape index (κ1) is 56.1. The summed E-state index contributed by atoms with van der Waals surface area (Å²) in [6.45, 7) is 11.0. The van der Waals surface area contributed by atoms with Crippen molar-refractivity contribution in [2.75, 3.05) is 119 Å². The number of hydrogen-bond donors (Lipinski definition) is 4. The van der Waals surface area contributed by atoms with Gasteiger partial charge in [0.1, 0.15) is 34.9 Å². The number of aromatic nitrogens is 8. The van der Waals surface area contributed by atoms with Crippen molar-refractivity contribution < 1.29 is 51.9 Å². The number of fused-ring (bicyclic) bond motifs is 2. The lowest BCUT2D eigenvalue weighted by Crippen LogP contribution is -2.55. The van der Waals surface area contributed by atoms with Gasteiger partial charge in [-0.25, -0.2) is 19.2 Å². The molecule has 26 heteroatoms. The van der Waals surface area contributed by atoms with Crippen molar-refractivity contribution in [3.63, 3.8) is 0 Å². The Morgan fingerprint density at radius 2 is 1.57 bits per heavy atom. The molecule has 418 valence electrons. The number of alkyl halides is 1. The monoisotopic (exact) mass is 1070 g/mol. The average molecular weight is 1070 g/mol. The first-order chi connectivity index (χ1) is 37.1. The van der Waals surface area contributed by atoms with Crippen LogP contribution in [0.2, 0.25) is 0 Å². The highest BCUT2D eigenvalue weighted by atomic mass is 19.1. The lowest BCUT2D eigenvalue weighted by Gasteiger charge is -2.43. The summed E-state index contributed by atoms with van der Waals surface area (Å²) in [7, 11) is 6.62. The first-order valence-electron chi connectivity index (χ1n) is 26.1. The molecule has 8 rings (SSSR count). The molecular weight excluding hydrogens is 1000 g/mol. The summed E-state index contributed by atoms with van der Waals surface area (Å²) in [5.41, 5.74) is 2.52. The molecule has 0 bridgehead atoms. The van der Waals surface area contributed by atoms with Crippen molar-refractivity contribution >= 4 is 69.7 Å². The lowest BCUT2D eigenvalue weighted by atomic mass is 10.0. The zero-order chi connectivity index (χ0) is 54.6.